The van der Waals surface area contributed by atoms with Crippen LogP contribution < -0.4 is 16.0 Å². The van der Waals surface area contributed by atoms with Crippen molar-refractivity contribution < 1.29 is 14.0 Å². The summed E-state index contributed by atoms with van der Waals surface area (Å²) in [6.45, 7) is 0.342. The van der Waals surface area contributed by atoms with E-state index in [9.17, 15) is 9.59 Å². The number of hydrogen-bond acceptors (Lipinski definition) is 5. The summed E-state index contributed by atoms with van der Waals surface area (Å²) in [5.74, 6) is -0.0707. The molecule has 4 rings (SSSR count). The molecule has 0 bridgehead atoms. The van der Waals surface area contributed by atoms with E-state index in [0.717, 1.165) is 16.8 Å². The fourth-order valence-corrected chi connectivity index (χ4v) is 3.42. The van der Waals surface area contributed by atoms with Crippen molar-refractivity contribution in [2.75, 3.05) is 10.6 Å². The minimum Gasteiger partial charge on any atom is -0.459 e. The number of nitrogens with one attached hydrogen (secondary N) is 3. The normalized spacial score (nSPS) is 10.4. The third-order valence-electron chi connectivity index (χ3n) is 4.20. The van der Waals surface area contributed by atoms with E-state index in [4.69, 9.17) is 4.42 Å². The number of furan rings is 1. The van der Waals surface area contributed by atoms with Gasteiger partial charge in [-0.1, -0.05) is 42.5 Å². The van der Waals surface area contributed by atoms with Crippen LogP contribution in [-0.4, -0.2) is 16.9 Å². The lowest BCUT2D eigenvalue weighted by molar-refractivity contribution is 0.0996. The highest BCUT2D eigenvalue weighted by Gasteiger charge is 2.09. The van der Waals surface area contributed by atoms with Crippen molar-refractivity contribution in [2.45, 2.75) is 6.54 Å². The van der Waals surface area contributed by atoms with E-state index >= 15 is 0 Å². The number of rotatable bonds is 6. The van der Waals surface area contributed by atoms with Crippen LogP contribution in [0.1, 0.15) is 16.1 Å². The minimum absolute atomic E-state index is 0.245. The Morgan fingerprint density at radius 2 is 1.73 bits per heavy atom. The van der Waals surface area contributed by atoms with Gasteiger partial charge in [0.15, 0.2) is 10.9 Å². The molecule has 0 radical (unpaired) electrons. The molecular formula is C22H18N4O3S. The van der Waals surface area contributed by atoms with Gasteiger partial charge in [-0.05, 0) is 29.8 Å². The van der Waals surface area contributed by atoms with Crippen LogP contribution >= 0.6 is 11.3 Å². The first kappa shape index (κ1) is 19.4. The number of anilines is 2. The molecule has 0 aliphatic rings. The Balaban J connectivity index is 1.27. The van der Waals surface area contributed by atoms with Crippen LogP contribution in [0.15, 0.2) is 82.8 Å². The lowest BCUT2D eigenvalue weighted by Crippen LogP contribution is -2.28. The van der Waals surface area contributed by atoms with Crippen molar-refractivity contribution in [3.8, 4) is 11.3 Å². The molecule has 3 N–H and O–H groups in total. The predicted molar refractivity (Wildman–Crippen MR) is 117 cm³/mol. The Kier molecular flexibility index (Phi) is 5.86. The number of amides is 3. The van der Waals surface area contributed by atoms with Crippen LogP contribution in [0, 0.1) is 0 Å². The molecule has 0 spiro atoms. The second kappa shape index (κ2) is 9.06. The molecule has 150 valence electrons. The zero-order chi connectivity index (χ0) is 20.8. The number of nitrogens with zero attached hydrogens (tertiary/aromatic N) is 1. The van der Waals surface area contributed by atoms with E-state index in [2.05, 4.69) is 20.9 Å². The van der Waals surface area contributed by atoms with Gasteiger partial charge in [-0.15, -0.1) is 11.3 Å². The summed E-state index contributed by atoms with van der Waals surface area (Å²) in [7, 11) is 0. The quantitative estimate of drug-likeness (QED) is 0.412. The lowest BCUT2D eigenvalue weighted by Gasteiger charge is -2.07. The molecule has 7 nitrogen and oxygen atoms in total. The first-order valence-electron chi connectivity index (χ1n) is 9.17. The van der Waals surface area contributed by atoms with Crippen molar-refractivity contribution in [2.24, 2.45) is 0 Å². The molecule has 30 heavy (non-hydrogen) atoms. The van der Waals surface area contributed by atoms with Crippen molar-refractivity contribution in [1.29, 1.82) is 0 Å². The Hall–Kier alpha value is -3.91. The fraction of sp³-hybridized carbons (Fsp3) is 0.0455. The number of urea groups is 1. The van der Waals surface area contributed by atoms with Crippen molar-refractivity contribution in [3.63, 3.8) is 0 Å². The standard InChI is InChI=1S/C22H18N4O3S/c27-20(19-7-4-12-29-19)24-17-10-8-15(9-11-17)13-23-21(28)26-22-25-18(14-30-22)16-5-2-1-3-6-16/h1-12,14H,13H2,(H,24,27)(H2,23,25,26,28). The SMILES string of the molecule is O=C(NCc1ccc(NC(=O)c2ccco2)cc1)Nc1nc(-c2ccccc2)cs1. The van der Waals surface area contributed by atoms with Crippen LogP contribution in [0.3, 0.4) is 0 Å². The maximum Gasteiger partial charge on any atom is 0.321 e. The van der Waals surface area contributed by atoms with Gasteiger partial charge >= 0.3 is 6.03 Å². The summed E-state index contributed by atoms with van der Waals surface area (Å²) in [5.41, 5.74) is 3.36. The van der Waals surface area contributed by atoms with E-state index in [1.807, 2.05) is 47.8 Å². The van der Waals surface area contributed by atoms with Crippen molar-refractivity contribution >= 4 is 34.1 Å². The molecule has 0 saturated carbocycles. The van der Waals surface area contributed by atoms with Crippen LogP contribution in [0.5, 0.6) is 0 Å². The third-order valence-corrected chi connectivity index (χ3v) is 4.96. The summed E-state index contributed by atoms with van der Waals surface area (Å²) in [4.78, 5) is 28.6. The van der Waals surface area contributed by atoms with Gasteiger partial charge in [0.25, 0.3) is 5.91 Å². The molecule has 0 atom stereocenters. The fourth-order valence-electron chi connectivity index (χ4n) is 2.70. The molecule has 0 saturated heterocycles. The van der Waals surface area contributed by atoms with Gasteiger partial charge in [0.2, 0.25) is 0 Å². The summed E-state index contributed by atoms with van der Waals surface area (Å²) in [6, 6.07) is 19.9. The highest BCUT2D eigenvalue weighted by atomic mass is 32.1. The predicted octanol–water partition coefficient (Wildman–Crippen LogP) is 4.98. The lowest BCUT2D eigenvalue weighted by atomic mass is 10.2. The van der Waals surface area contributed by atoms with Crippen LogP contribution in [0.4, 0.5) is 15.6 Å². The number of carbonyl (C=O) groups is 2. The van der Waals surface area contributed by atoms with E-state index in [1.165, 1.54) is 17.6 Å². The highest BCUT2D eigenvalue weighted by molar-refractivity contribution is 7.14. The minimum atomic E-state index is -0.334. The van der Waals surface area contributed by atoms with Gasteiger partial charge in [0.1, 0.15) is 0 Å². The second-order valence-electron chi connectivity index (χ2n) is 6.34. The molecular weight excluding hydrogens is 400 g/mol. The molecule has 0 aliphatic carbocycles. The molecule has 2 aromatic carbocycles. The highest BCUT2D eigenvalue weighted by Crippen LogP contribution is 2.24. The van der Waals surface area contributed by atoms with E-state index in [1.54, 1.807) is 24.3 Å². The maximum atomic E-state index is 12.2. The monoisotopic (exact) mass is 418 g/mol. The molecule has 2 aromatic heterocycles. The Labute approximate surface area is 176 Å². The van der Waals surface area contributed by atoms with E-state index in [-0.39, 0.29) is 17.7 Å². The number of carbonyl (C=O) groups excluding carboxylic acids is 2. The smallest absolute Gasteiger partial charge is 0.321 e. The molecule has 0 fully saturated rings. The van der Waals surface area contributed by atoms with Crippen molar-refractivity contribution in [3.05, 3.63) is 89.7 Å². The molecule has 0 unspecified atom stereocenters. The first-order valence-corrected chi connectivity index (χ1v) is 10.0. The van der Waals surface area contributed by atoms with Gasteiger partial charge in [0.05, 0.1) is 12.0 Å². The van der Waals surface area contributed by atoms with Gasteiger partial charge in [0, 0.05) is 23.2 Å². The zero-order valence-corrected chi connectivity index (χ0v) is 16.6. The second-order valence-corrected chi connectivity index (χ2v) is 7.20. The van der Waals surface area contributed by atoms with Crippen LogP contribution in [-0.2, 0) is 6.54 Å². The molecule has 2 heterocycles. The number of aromatic nitrogens is 1. The maximum absolute atomic E-state index is 12.2. The summed E-state index contributed by atoms with van der Waals surface area (Å²) in [6.07, 6.45) is 1.45. The summed E-state index contributed by atoms with van der Waals surface area (Å²) >= 11 is 1.37. The van der Waals surface area contributed by atoms with Gasteiger partial charge < -0.3 is 15.1 Å². The average molecular weight is 418 g/mol. The Morgan fingerprint density at radius 1 is 0.933 bits per heavy atom. The summed E-state index contributed by atoms with van der Waals surface area (Å²) in [5, 5.41) is 10.7. The van der Waals surface area contributed by atoms with Crippen LogP contribution in [0.2, 0.25) is 0 Å². The Bertz CT molecular complexity index is 1120. The number of thiazole rings is 1. The van der Waals surface area contributed by atoms with Gasteiger partial charge in [-0.25, -0.2) is 9.78 Å². The number of hydrogen-bond donors (Lipinski definition) is 3. The Morgan fingerprint density at radius 3 is 2.47 bits per heavy atom. The topological polar surface area (TPSA) is 96.3 Å². The number of benzene rings is 2. The van der Waals surface area contributed by atoms with Gasteiger partial charge in [-0.3, -0.25) is 10.1 Å². The van der Waals surface area contributed by atoms with Gasteiger partial charge in [-0.2, -0.15) is 0 Å². The van der Waals surface area contributed by atoms with Crippen molar-refractivity contribution in [1.82, 2.24) is 10.3 Å². The third kappa shape index (κ3) is 4.92. The summed E-state index contributed by atoms with van der Waals surface area (Å²) < 4.78 is 5.06. The first-order chi connectivity index (χ1) is 14.7. The molecule has 0 aliphatic heterocycles. The molecule has 4 aromatic rings. The average Bonchev–Trinajstić information content (AvgIpc) is 3.46. The van der Waals surface area contributed by atoms with E-state index < -0.39 is 0 Å². The van der Waals surface area contributed by atoms with Crippen LogP contribution in [0.25, 0.3) is 11.3 Å². The molecule has 8 heteroatoms. The zero-order valence-electron chi connectivity index (χ0n) is 15.8. The molecule has 3 amide bonds. The van der Waals surface area contributed by atoms with E-state index in [0.29, 0.717) is 17.4 Å². The largest absolute Gasteiger partial charge is 0.459 e.